The van der Waals surface area contributed by atoms with Crippen molar-refractivity contribution in [2.24, 2.45) is 4.99 Å². The van der Waals surface area contributed by atoms with E-state index in [0.717, 1.165) is 13.0 Å². The summed E-state index contributed by atoms with van der Waals surface area (Å²) in [5, 5.41) is 16.6. The van der Waals surface area contributed by atoms with Crippen molar-refractivity contribution in [1.29, 1.82) is 0 Å². The molecule has 7 heteroatoms. The van der Waals surface area contributed by atoms with E-state index in [1.54, 1.807) is 18.4 Å². The molecule has 0 aliphatic heterocycles. The van der Waals surface area contributed by atoms with Crippen molar-refractivity contribution in [2.75, 3.05) is 13.1 Å². The van der Waals surface area contributed by atoms with Gasteiger partial charge in [0.15, 0.2) is 5.96 Å². The number of aliphatic imine (C=N–C) groups is 1. The molecule has 2 aromatic heterocycles. The van der Waals surface area contributed by atoms with E-state index in [0.29, 0.717) is 11.7 Å². The normalized spacial score (nSPS) is 13.9. The molecule has 2 heterocycles. The number of thiophene rings is 1. The molecule has 2 atom stereocenters. The summed E-state index contributed by atoms with van der Waals surface area (Å²) in [5.74, 6) is 1.24. The van der Waals surface area contributed by atoms with Crippen molar-refractivity contribution >= 4 is 41.3 Å². The smallest absolute Gasteiger partial charge is 0.191 e. The van der Waals surface area contributed by atoms with Crippen molar-refractivity contribution in [2.45, 2.75) is 39.3 Å². The summed E-state index contributed by atoms with van der Waals surface area (Å²) >= 11 is 1.82. The van der Waals surface area contributed by atoms with Crippen LogP contribution in [-0.4, -0.2) is 30.2 Å². The van der Waals surface area contributed by atoms with Crippen LogP contribution in [-0.2, 0) is 6.42 Å². The fourth-order valence-corrected chi connectivity index (χ4v) is 3.27. The molecule has 0 saturated carbocycles. The third-order valence-corrected chi connectivity index (χ3v) is 4.35. The molecule has 3 N–H and O–H groups in total. The summed E-state index contributed by atoms with van der Waals surface area (Å²) in [7, 11) is 0. The molecule has 0 amide bonds. The Bertz CT molecular complexity index is 613. The first-order chi connectivity index (χ1) is 11.1. The third kappa shape index (κ3) is 6.82. The van der Waals surface area contributed by atoms with Crippen molar-refractivity contribution in [3.63, 3.8) is 0 Å². The number of nitrogens with one attached hydrogen (secondary N) is 2. The average Bonchev–Trinajstić information content (AvgIpc) is 3.16. The molecule has 0 bridgehead atoms. The molecule has 2 unspecified atom stereocenters. The number of rotatable bonds is 7. The second-order valence-electron chi connectivity index (χ2n) is 5.51. The third-order valence-electron chi connectivity index (χ3n) is 3.32. The molecule has 5 nitrogen and oxygen atoms in total. The lowest BCUT2D eigenvalue weighted by molar-refractivity contribution is 0.158. The fraction of sp³-hybridized carbons (Fsp3) is 0.471. The van der Waals surface area contributed by atoms with Gasteiger partial charge in [0.1, 0.15) is 11.9 Å². The topological polar surface area (TPSA) is 69.8 Å². The second kappa shape index (κ2) is 10.7. The summed E-state index contributed by atoms with van der Waals surface area (Å²) in [4.78, 5) is 7.13. The van der Waals surface area contributed by atoms with Gasteiger partial charge in [-0.25, -0.2) is 0 Å². The molecule has 0 saturated heterocycles. The maximum absolute atomic E-state index is 10.0. The largest absolute Gasteiger partial charge is 0.467 e. The number of nitrogens with zero attached hydrogens (tertiary/aromatic N) is 1. The fourth-order valence-electron chi connectivity index (χ4n) is 2.25. The number of hydrogen-bond acceptors (Lipinski definition) is 4. The number of guanidine groups is 1. The lowest BCUT2D eigenvalue weighted by Gasteiger charge is -2.17. The summed E-state index contributed by atoms with van der Waals surface area (Å²) < 4.78 is 5.19. The average molecular weight is 463 g/mol. The molecule has 2 rings (SSSR count). The Balaban J connectivity index is 0.00000288. The van der Waals surface area contributed by atoms with Crippen LogP contribution in [0.15, 0.2) is 39.9 Å². The summed E-state index contributed by atoms with van der Waals surface area (Å²) in [6.07, 6.45) is 1.77. The highest BCUT2D eigenvalue weighted by molar-refractivity contribution is 14.0. The van der Waals surface area contributed by atoms with Gasteiger partial charge in [0, 0.05) is 28.8 Å². The summed E-state index contributed by atoms with van der Waals surface area (Å²) in [6, 6.07) is 8.08. The quantitative estimate of drug-likeness (QED) is 0.334. The van der Waals surface area contributed by atoms with Gasteiger partial charge in [-0.3, -0.25) is 4.99 Å². The molecule has 0 radical (unpaired) electrons. The van der Waals surface area contributed by atoms with Crippen LogP contribution >= 0.6 is 35.3 Å². The summed E-state index contributed by atoms with van der Waals surface area (Å²) in [5.41, 5.74) is 0. The van der Waals surface area contributed by atoms with E-state index in [9.17, 15) is 5.11 Å². The van der Waals surface area contributed by atoms with Gasteiger partial charge in [-0.05, 0) is 45.0 Å². The van der Waals surface area contributed by atoms with Gasteiger partial charge >= 0.3 is 0 Å². The minimum atomic E-state index is -0.726. The Morgan fingerprint density at radius 3 is 2.75 bits per heavy atom. The van der Waals surface area contributed by atoms with Crippen LogP contribution in [0, 0.1) is 6.92 Å². The minimum absolute atomic E-state index is 0. The Morgan fingerprint density at radius 1 is 1.38 bits per heavy atom. The Labute approximate surface area is 164 Å². The van der Waals surface area contributed by atoms with E-state index in [1.807, 2.05) is 18.3 Å². The molecule has 0 fully saturated rings. The monoisotopic (exact) mass is 463 g/mol. The predicted molar refractivity (Wildman–Crippen MR) is 110 cm³/mol. The van der Waals surface area contributed by atoms with Crippen molar-refractivity contribution < 1.29 is 9.52 Å². The number of furan rings is 1. The first-order valence-corrected chi connectivity index (χ1v) is 8.71. The molecule has 24 heavy (non-hydrogen) atoms. The van der Waals surface area contributed by atoms with Gasteiger partial charge in [0.05, 0.1) is 12.8 Å². The van der Waals surface area contributed by atoms with Crippen molar-refractivity contribution in [1.82, 2.24) is 10.6 Å². The Morgan fingerprint density at radius 2 is 2.17 bits per heavy atom. The van der Waals surface area contributed by atoms with E-state index in [1.165, 1.54) is 9.75 Å². The maximum atomic E-state index is 10.0. The second-order valence-corrected chi connectivity index (χ2v) is 6.89. The first kappa shape index (κ1) is 21.0. The highest BCUT2D eigenvalue weighted by atomic mass is 127. The zero-order valence-electron chi connectivity index (χ0n) is 14.3. The van der Waals surface area contributed by atoms with Crippen LogP contribution in [0.25, 0.3) is 0 Å². The molecule has 2 aromatic rings. The highest BCUT2D eigenvalue weighted by Gasteiger charge is 2.11. The van der Waals surface area contributed by atoms with Gasteiger partial charge in [0.25, 0.3) is 0 Å². The molecule has 0 aliphatic carbocycles. The number of aliphatic hydroxyl groups is 1. The zero-order valence-corrected chi connectivity index (χ0v) is 17.4. The number of aliphatic hydroxyl groups excluding tert-OH is 1. The van der Waals surface area contributed by atoms with Crippen LogP contribution in [0.5, 0.6) is 0 Å². The van der Waals surface area contributed by atoms with Crippen LogP contribution in [0.1, 0.15) is 35.5 Å². The molecule has 134 valence electrons. The zero-order chi connectivity index (χ0) is 16.7. The van der Waals surface area contributed by atoms with Crippen LogP contribution in [0.4, 0.5) is 0 Å². The van der Waals surface area contributed by atoms with Crippen molar-refractivity contribution in [3.8, 4) is 0 Å². The number of halogens is 1. The molecule has 0 aliphatic rings. The van der Waals surface area contributed by atoms with E-state index in [4.69, 9.17) is 4.42 Å². The highest BCUT2D eigenvalue weighted by Crippen LogP contribution is 2.17. The van der Waals surface area contributed by atoms with Crippen LogP contribution in [0.2, 0.25) is 0 Å². The predicted octanol–water partition coefficient (Wildman–Crippen LogP) is 3.49. The standard InChI is InChI=1S/C17H25N3O2S.HI/c1-4-18-17(19-11-15(21)16-6-5-9-22-16)20-12(2)10-14-8-7-13(3)23-14;/h5-9,12,15,21H,4,10-11H2,1-3H3,(H2,18,19,20);1H. The molecular weight excluding hydrogens is 437 g/mol. The summed E-state index contributed by atoms with van der Waals surface area (Å²) in [6.45, 7) is 7.30. The SMILES string of the molecule is CCNC(=NCC(O)c1ccco1)NC(C)Cc1ccc(C)s1.I. The number of aryl methyl sites for hydroxylation is 1. The minimum Gasteiger partial charge on any atom is -0.467 e. The maximum Gasteiger partial charge on any atom is 0.191 e. The van der Waals surface area contributed by atoms with Crippen LogP contribution < -0.4 is 10.6 Å². The van der Waals surface area contributed by atoms with Gasteiger partial charge in [-0.1, -0.05) is 0 Å². The van der Waals surface area contributed by atoms with E-state index in [-0.39, 0.29) is 36.6 Å². The number of hydrogen-bond donors (Lipinski definition) is 3. The van der Waals surface area contributed by atoms with Gasteiger partial charge in [-0.2, -0.15) is 0 Å². The molecular formula is C17H26IN3O2S. The Hall–Kier alpha value is -1.06. The first-order valence-electron chi connectivity index (χ1n) is 7.90. The molecule has 0 spiro atoms. The Kier molecular flexibility index (Phi) is 9.38. The van der Waals surface area contributed by atoms with Crippen LogP contribution in [0.3, 0.4) is 0 Å². The van der Waals surface area contributed by atoms with Gasteiger partial charge in [0.2, 0.25) is 0 Å². The van der Waals surface area contributed by atoms with Gasteiger partial charge in [-0.15, -0.1) is 35.3 Å². The van der Waals surface area contributed by atoms with Gasteiger partial charge < -0.3 is 20.2 Å². The van der Waals surface area contributed by atoms with Crippen molar-refractivity contribution in [3.05, 3.63) is 46.0 Å². The van der Waals surface area contributed by atoms with E-state index < -0.39 is 6.10 Å². The van der Waals surface area contributed by atoms with E-state index in [2.05, 4.69) is 41.6 Å². The molecule has 0 aromatic carbocycles. The lowest BCUT2D eigenvalue weighted by atomic mass is 10.2. The van der Waals surface area contributed by atoms with E-state index >= 15 is 0 Å². The lowest BCUT2D eigenvalue weighted by Crippen LogP contribution is -2.43.